The Morgan fingerprint density at radius 2 is 1.96 bits per heavy atom. The van der Waals surface area contributed by atoms with Crippen molar-refractivity contribution in [1.82, 2.24) is 10.2 Å². The standard InChI is InChI=1S/C19H23N3O4S/c1-12(23)14-8-9-15(16(10-14)25-2)26-11-17(24)20-19-22-21-18(27-19)13-6-4-3-5-7-13/h8-10,13H,3-7,11H2,1-2H3,(H,20,22,24). The average molecular weight is 389 g/mol. The van der Waals surface area contributed by atoms with Gasteiger partial charge in [0.25, 0.3) is 5.91 Å². The number of carbonyl (C=O) groups excluding carboxylic acids is 2. The first kappa shape index (κ1) is 19.3. The molecular formula is C19H23N3O4S. The topological polar surface area (TPSA) is 90.4 Å². The van der Waals surface area contributed by atoms with E-state index in [0.717, 1.165) is 17.8 Å². The fourth-order valence-electron chi connectivity index (χ4n) is 3.10. The Bertz CT molecular complexity index is 815. The third-order valence-electron chi connectivity index (χ3n) is 4.57. The summed E-state index contributed by atoms with van der Waals surface area (Å²) in [4.78, 5) is 23.6. The van der Waals surface area contributed by atoms with E-state index in [1.165, 1.54) is 44.6 Å². The van der Waals surface area contributed by atoms with Crippen molar-refractivity contribution in [1.29, 1.82) is 0 Å². The van der Waals surface area contributed by atoms with Gasteiger partial charge < -0.3 is 9.47 Å². The monoisotopic (exact) mass is 389 g/mol. The molecule has 1 amide bonds. The minimum absolute atomic E-state index is 0.0670. The molecule has 0 saturated heterocycles. The van der Waals surface area contributed by atoms with Crippen LogP contribution in [-0.4, -0.2) is 35.6 Å². The van der Waals surface area contributed by atoms with Gasteiger partial charge in [-0.25, -0.2) is 0 Å². The largest absolute Gasteiger partial charge is 0.493 e. The smallest absolute Gasteiger partial charge is 0.264 e. The first-order valence-electron chi connectivity index (χ1n) is 9.02. The van der Waals surface area contributed by atoms with Crippen molar-refractivity contribution in [3.8, 4) is 11.5 Å². The third kappa shape index (κ3) is 5.03. The predicted molar refractivity (Wildman–Crippen MR) is 103 cm³/mol. The highest BCUT2D eigenvalue weighted by Gasteiger charge is 2.20. The molecule has 144 valence electrons. The fourth-order valence-corrected chi connectivity index (χ4v) is 4.03. The molecule has 7 nitrogen and oxygen atoms in total. The molecule has 1 N–H and O–H groups in total. The number of aromatic nitrogens is 2. The van der Waals surface area contributed by atoms with Gasteiger partial charge in [-0.1, -0.05) is 30.6 Å². The molecule has 0 radical (unpaired) electrons. The number of hydrogen-bond donors (Lipinski definition) is 1. The van der Waals surface area contributed by atoms with Crippen LogP contribution in [0.1, 0.15) is 60.3 Å². The Morgan fingerprint density at radius 3 is 2.67 bits per heavy atom. The number of methoxy groups -OCH3 is 1. The lowest BCUT2D eigenvalue weighted by molar-refractivity contribution is -0.118. The zero-order valence-corrected chi connectivity index (χ0v) is 16.3. The second-order valence-electron chi connectivity index (χ2n) is 6.54. The van der Waals surface area contributed by atoms with Gasteiger partial charge in [0.1, 0.15) is 5.01 Å². The Labute approximate surface area is 162 Å². The lowest BCUT2D eigenvalue weighted by atomic mass is 9.90. The second kappa shape index (κ2) is 8.94. The summed E-state index contributed by atoms with van der Waals surface area (Å²) in [5.74, 6) is 0.882. The summed E-state index contributed by atoms with van der Waals surface area (Å²) in [6, 6.07) is 4.85. The first-order valence-corrected chi connectivity index (χ1v) is 9.83. The molecule has 0 bridgehead atoms. The highest BCUT2D eigenvalue weighted by Crippen LogP contribution is 2.35. The maximum Gasteiger partial charge on any atom is 0.264 e. The van der Waals surface area contributed by atoms with E-state index in [2.05, 4.69) is 15.5 Å². The van der Waals surface area contributed by atoms with Crippen molar-refractivity contribution in [2.45, 2.75) is 44.9 Å². The first-order chi connectivity index (χ1) is 13.1. The molecule has 2 aromatic rings. The van der Waals surface area contributed by atoms with Gasteiger partial charge in [-0.3, -0.25) is 14.9 Å². The summed E-state index contributed by atoms with van der Waals surface area (Å²) >= 11 is 1.43. The zero-order valence-electron chi connectivity index (χ0n) is 15.5. The van der Waals surface area contributed by atoms with Gasteiger partial charge in [-0.2, -0.15) is 0 Å². The quantitative estimate of drug-likeness (QED) is 0.724. The molecule has 1 fully saturated rings. The van der Waals surface area contributed by atoms with Crippen LogP contribution in [0.4, 0.5) is 5.13 Å². The Kier molecular flexibility index (Phi) is 6.39. The van der Waals surface area contributed by atoms with E-state index in [-0.39, 0.29) is 18.3 Å². The van der Waals surface area contributed by atoms with Crippen LogP contribution in [0.15, 0.2) is 18.2 Å². The number of rotatable bonds is 7. The van der Waals surface area contributed by atoms with Crippen molar-refractivity contribution < 1.29 is 19.1 Å². The minimum Gasteiger partial charge on any atom is -0.493 e. The van der Waals surface area contributed by atoms with Crippen LogP contribution in [0.25, 0.3) is 0 Å². The van der Waals surface area contributed by atoms with Crippen molar-refractivity contribution in [3.05, 3.63) is 28.8 Å². The molecule has 1 aromatic heterocycles. The maximum absolute atomic E-state index is 12.2. The molecule has 1 heterocycles. The van der Waals surface area contributed by atoms with E-state index in [1.54, 1.807) is 18.2 Å². The number of anilines is 1. The molecule has 1 saturated carbocycles. The maximum atomic E-state index is 12.2. The van der Waals surface area contributed by atoms with Crippen molar-refractivity contribution in [3.63, 3.8) is 0 Å². The number of ether oxygens (including phenoxy) is 2. The normalized spacial score (nSPS) is 14.6. The molecule has 1 aliphatic rings. The molecule has 0 aliphatic heterocycles. The molecule has 1 aliphatic carbocycles. The molecule has 0 unspecified atom stereocenters. The number of nitrogens with one attached hydrogen (secondary N) is 1. The highest BCUT2D eigenvalue weighted by molar-refractivity contribution is 7.15. The minimum atomic E-state index is -0.320. The summed E-state index contributed by atoms with van der Waals surface area (Å²) in [6.45, 7) is 1.29. The van der Waals surface area contributed by atoms with E-state index in [9.17, 15) is 9.59 Å². The van der Waals surface area contributed by atoms with E-state index < -0.39 is 0 Å². The van der Waals surface area contributed by atoms with E-state index in [4.69, 9.17) is 9.47 Å². The number of benzene rings is 1. The molecule has 1 aromatic carbocycles. The van der Waals surface area contributed by atoms with Gasteiger partial charge in [0.05, 0.1) is 7.11 Å². The summed E-state index contributed by atoms with van der Waals surface area (Å²) in [6.07, 6.45) is 6.02. The predicted octanol–water partition coefficient (Wildman–Crippen LogP) is 3.81. The number of Topliss-reactive ketones (excluding diaryl/α,β-unsaturated/α-hetero) is 1. The molecule has 0 spiro atoms. The van der Waals surface area contributed by atoms with Crippen LogP contribution in [0, 0.1) is 0 Å². The van der Waals surface area contributed by atoms with Gasteiger partial charge in [-0.05, 0) is 38.0 Å². The Hall–Kier alpha value is -2.48. The summed E-state index contributed by atoms with van der Waals surface area (Å²) in [5, 5.41) is 12.5. The molecule has 27 heavy (non-hydrogen) atoms. The summed E-state index contributed by atoms with van der Waals surface area (Å²) in [7, 11) is 1.49. The van der Waals surface area contributed by atoms with Gasteiger partial charge in [-0.15, -0.1) is 10.2 Å². The van der Waals surface area contributed by atoms with Crippen LogP contribution in [0.5, 0.6) is 11.5 Å². The Morgan fingerprint density at radius 1 is 1.19 bits per heavy atom. The zero-order chi connectivity index (χ0) is 19.2. The van der Waals surface area contributed by atoms with Crippen LogP contribution < -0.4 is 14.8 Å². The lowest BCUT2D eigenvalue weighted by Crippen LogP contribution is -2.20. The molecule has 0 atom stereocenters. The Balaban J connectivity index is 1.55. The molecule has 8 heteroatoms. The van der Waals surface area contributed by atoms with Gasteiger partial charge in [0.2, 0.25) is 5.13 Å². The van der Waals surface area contributed by atoms with Crippen molar-refractivity contribution >= 4 is 28.2 Å². The third-order valence-corrected chi connectivity index (χ3v) is 5.57. The van der Waals surface area contributed by atoms with Crippen molar-refractivity contribution in [2.24, 2.45) is 0 Å². The number of amides is 1. The SMILES string of the molecule is COc1cc(C(C)=O)ccc1OCC(=O)Nc1nnc(C2CCCCC2)s1. The van der Waals surface area contributed by atoms with E-state index >= 15 is 0 Å². The number of hydrogen-bond acceptors (Lipinski definition) is 7. The second-order valence-corrected chi connectivity index (χ2v) is 7.55. The van der Waals surface area contributed by atoms with Crippen LogP contribution in [0.3, 0.4) is 0 Å². The number of nitrogens with zero attached hydrogens (tertiary/aromatic N) is 2. The average Bonchev–Trinajstić information content (AvgIpc) is 3.15. The number of carbonyl (C=O) groups is 2. The van der Waals surface area contributed by atoms with Gasteiger partial charge in [0.15, 0.2) is 23.9 Å². The van der Waals surface area contributed by atoms with Gasteiger partial charge in [0, 0.05) is 11.5 Å². The molecule has 3 rings (SSSR count). The molecular weight excluding hydrogens is 366 g/mol. The van der Waals surface area contributed by atoms with Crippen LogP contribution in [-0.2, 0) is 4.79 Å². The lowest BCUT2D eigenvalue weighted by Gasteiger charge is -2.18. The summed E-state index contributed by atoms with van der Waals surface area (Å²) in [5.41, 5.74) is 0.521. The highest BCUT2D eigenvalue weighted by atomic mass is 32.1. The van der Waals surface area contributed by atoms with Crippen LogP contribution in [0.2, 0.25) is 0 Å². The van der Waals surface area contributed by atoms with Gasteiger partial charge >= 0.3 is 0 Å². The van der Waals surface area contributed by atoms with Crippen molar-refractivity contribution in [2.75, 3.05) is 19.0 Å². The summed E-state index contributed by atoms with van der Waals surface area (Å²) < 4.78 is 10.8. The van der Waals surface area contributed by atoms with E-state index in [0.29, 0.717) is 28.1 Å². The fraction of sp³-hybridized carbons (Fsp3) is 0.474. The van der Waals surface area contributed by atoms with E-state index in [1.807, 2.05) is 0 Å². The van der Waals surface area contributed by atoms with Crippen LogP contribution >= 0.6 is 11.3 Å². The number of ketones is 1.